The van der Waals surface area contributed by atoms with Crippen molar-refractivity contribution >= 4 is 14.1 Å². The van der Waals surface area contributed by atoms with Gasteiger partial charge < -0.3 is 0 Å². The number of rotatable bonds is 9. The van der Waals surface area contributed by atoms with E-state index >= 15 is 0 Å². The summed E-state index contributed by atoms with van der Waals surface area (Å²) in [6, 6.07) is 0. The van der Waals surface area contributed by atoms with Gasteiger partial charge in [0.1, 0.15) is 0 Å². The van der Waals surface area contributed by atoms with Crippen molar-refractivity contribution in [3.05, 3.63) is 11.0 Å². The maximum absolute atomic E-state index is 2.62. The zero-order chi connectivity index (χ0) is 12.4. The summed E-state index contributed by atoms with van der Waals surface area (Å²) in [5.74, 6) is 1.77. The van der Waals surface area contributed by atoms with Gasteiger partial charge in [0.15, 0.2) is 0 Å². The van der Waals surface area contributed by atoms with Crippen LogP contribution in [-0.2, 0) is 0 Å². The topological polar surface area (TPSA) is 0 Å². The molecule has 0 nitrogen and oxygen atoms in total. The molecular formula is C15H31Al. The molecule has 0 radical (unpaired) electrons. The minimum atomic E-state index is -0.582. The van der Waals surface area contributed by atoms with Gasteiger partial charge in [-0.15, -0.1) is 11.0 Å². The van der Waals surface area contributed by atoms with Crippen molar-refractivity contribution in [3.63, 3.8) is 0 Å². The Hall–Kier alpha value is 0.272. The van der Waals surface area contributed by atoms with E-state index in [1.165, 1.54) is 36.2 Å². The summed E-state index contributed by atoms with van der Waals surface area (Å²) in [6.45, 7) is 11.7. The Labute approximate surface area is 108 Å². The fourth-order valence-corrected chi connectivity index (χ4v) is 5.77. The van der Waals surface area contributed by atoms with E-state index in [9.17, 15) is 0 Å². The molecule has 0 aliphatic rings. The molecule has 0 amide bonds. The molecule has 1 heteroatoms. The fraction of sp³-hybridized carbons (Fsp3) is 0.867. The number of unbranched alkanes of at least 4 members (excludes halogenated alkanes) is 3. The standard InChI is InChI=1S/C7H13.2C4H9.Al/c1-3-5-7-6-4-2;2*1-4(2)3;/h1,3H,4-7H2,2H3;2*4H,1H2,2-3H3;. The first kappa shape index (κ1) is 16.3. The minimum Gasteiger partial charge on any atom is -0.148 e. The zero-order valence-electron chi connectivity index (χ0n) is 12.1. The second-order valence-electron chi connectivity index (χ2n) is 5.94. The predicted octanol–water partition coefficient (Wildman–Crippen LogP) is 5.47. The Kier molecular flexibility index (Phi) is 10.6. The number of hydrogen-bond acceptors (Lipinski definition) is 0. The highest BCUT2D eigenvalue weighted by atomic mass is 27.2. The minimum absolute atomic E-state index is 0.582. The van der Waals surface area contributed by atoms with E-state index in [2.05, 4.69) is 45.6 Å². The molecule has 0 unspecified atom stereocenters. The quantitative estimate of drug-likeness (QED) is 0.369. The first-order valence-corrected chi connectivity index (χ1v) is 9.52. The largest absolute Gasteiger partial charge is 0.294 e. The van der Waals surface area contributed by atoms with E-state index in [0.717, 1.165) is 11.8 Å². The van der Waals surface area contributed by atoms with Crippen molar-refractivity contribution in [1.29, 1.82) is 0 Å². The second-order valence-corrected chi connectivity index (χ2v) is 8.79. The van der Waals surface area contributed by atoms with Crippen LogP contribution in [0, 0.1) is 11.8 Å². The molecule has 0 saturated heterocycles. The monoisotopic (exact) mass is 238 g/mol. The molecule has 0 heterocycles. The molecule has 0 rings (SSSR count). The molecule has 0 aromatic rings. The summed E-state index contributed by atoms with van der Waals surface area (Å²) < 4.78 is 0. The maximum atomic E-state index is 2.62. The summed E-state index contributed by atoms with van der Waals surface area (Å²) in [7, 11) is 0. The van der Waals surface area contributed by atoms with Gasteiger partial charge >= 0.3 is 0 Å². The van der Waals surface area contributed by atoms with E-state index in [-0.39, 0.29) is 0 Å². The van der Waals surface area contributed by atoms with Crippen LogP contribution in [0.4, 0.5) is 0 Å². The van der Waals surface area contributed by atoms with Gasteiger partial charge in [-0.1, -0.05) is 69.9 Å². The lowest BCUT2D eigenvalue weighted by molar-refractivity contribution is 0.693. The van der Waals surface area contributed by atoms with Crippen LogP contribution in [0.3, 0.4) is 0 Å². The molecular weight excluding hydrogens is 207 g/mol. The highest BCUT2D eigenvalue weighted by Gasteiger charge is 2.16. The van der Waals surface area contributed by atoms with Gasteiger partial charge in [0.05, 0.1) is 0 Å². The van der Waals surface area contributed by atoms with Crippen LogP contribution in [0.25, 0.3) is 0 Å². The van der Waals surface area contributed by atoms with E-state index in [1.807, 2.05) is 0 Å². The number of hydrogen-bond donors (Lipinski definition) is 0. The van der Waals surface area contributed by atoms with Crippen molar-refractivity contribution < 1.29 is 0 Å². The molecule has 0 atom stereocenters. The van der Waals surface area contributed by atoms with Gasteiger partial charge in [-0.3, -0.25) is 0 Å². The summed E-state index contributed by atoms with van der Waals surface area (Å²) in [5, 5.41) is 2.98. The molecule has 0 aromatic carbocycles. The van der Waals surface area contributed by atoms with E-state index in [0.29, 0.717) is 0 Å². The van der Waals surface area contributed by atoms with Gasteiger partial charge in [0.2, 0.25) is 0 Å². The summed E-state index contributed by atoms with van der Waals surface area (Å²) in [5.41, 5.74) is 0. The third-order valence-electron chi connectivity index (χ3n) is 2.93. The average Bonchev–Trinajstić information content (AvgIpc) is 2.15. The highest BCUT2D eigenvalue weighted by Crippen LogP contribution is 2.16. The Balaban J connectivity index is 3.89. The van der Waals surface area contributed by atoms with Crippen molar-refractivity contribution in [1.82, 2.24) is 0 Å². The maximum Gasteiger partial charge on any atom is 0.294 e. The normalized spacial score (nSPS) is 11.9. The molecule has 0 aliphatic carbocycles. The molecule has 0 N–H and O–H groups in total. The van der Waals surface area contributed by atoms with E-state index in [4.69, 9.17) is 0 Å². The Morgan fingerprint density at radius 2 is 1.50 bits per heavy atom. The van der Waals surface area contributed by atoms with Crippen LogP contribution in [0.1, 0.15) is 60.3 Å². The van der Waals surface area contributed by atoms with Crippen LogP contribution in [0.2, 0.25) is 10.6 Å². The third kappa shape index (κ3) is 10.8. The lowest BCUT2D eigenvalue weighted by Crippen LogP contribution is -2.15. The summed E-state index contributed by atoms with van der Waals surface area (Å²) in [4.78, 5) is 2.62. The molecule has 0 spiro atoms. The predicted molar refractivity (Wildman–Crippen MR) is 78.3 cm³/mol. The van der Waals surface area contributed by atoms with Gasteiger partial charge in [-0.25, -0.2) is 0 Å². The highest BCUT2D eigenvalue weighted by molar-refractivity contribution is 6.64. The van der Waals surface area contributed by atoms with Gasteiger partial charge in [0, 0.05) is 0 Å². The summed E-state index contributed by atoms with van der Waals surface area (Å²) >= 11 is -0.582. The van der Waals surface area contributed by atoms with E-state index < -0.39 is 14.1 Å². The Morgan fingerprint density at radius 1 is 0.938 bits per heavy atom. The molecule has 0 bridgehead atoms. The Morgan fingerprint density at radius 3 is 1.94 bits per heavy atom. The second kappa shape index (κ2) is 10.4. The average molecular weight is 238 g/mol. The molecule has 94 valence electrons. The van der Waals surface area contributed by atoms with Gasteiger partial charge in [-0.05, 0) is 12.8 Å². The third-order valence-corrected chi connectivity index (χ3v) is 6.84. The number of allylic oxidation sites excluding steroid dienone is 1. The SMILES string of the molecule is CCCCC/C=[CH]/[Al]([CH2]C(C)C)[CH2]C(C)C. The van der Waals surface area contributed by atoms with Crippen molar-refractivity contribution in [2.24, 2.45) is 11.8 Å². The first-order chi connectivity index (χ1) is 7.56. The molecule has 0 aromatic heterocycles. The smallest absolute Gasteiger partial charge is 0.148 e. The fourth-order valence-electron chi connectivity index (χ4n) is 2.27. The summed E-state index contributed by atoms with van der Waals surface area (Å²) in [6.07, 6.45) is 7.92. The van der Waals surface area contributed by atoms with Crippen LogP contribution >= 0.6 is 0 Å². The van der Waals surface area contributed by atoms with Crippen molar-refractivity contribution in [3.8, 4) is 0 Å². The zero-order valence-corrected chi connectivity index (χ0v) is 13.3. The molecule has 16 heavy (non-hydrogen) atoms. The lowest BCUT2D eigenvalue weighted by Gasteiger charge is -2.12. The van der Waals surface area contributed by atoms with Crippen molar-refractivity contribution in [2.75, 3.05) is 0 Å². The molecule has 0 fully saturated rings. The van der Waals surface area contributed by atoms with Crippen LogP contribution in [0.15, 0.2) is 11.0 Å². The van der Waals surface area contributed by atoms with Crippen molar-refractivity contribution in [2.45, 2.75) is 70.9 Å². The molecule has 0 saturated carbocycles. The van der Waals surface area contributed by atoms with Gasteiger partial charge in [0.25, 0.3) is 14.1 Å². The van der Waals surface area contributed by atoms with Gasteiger partial charge in [-0.2, -0.15) is 0 Å². The Bertz CT molecular complexity index is 160. The van der Waals surface area contributed by atoms with E-state index in [1.54, 1.807) is 0 Å². The molecule has 0 aliphatic heterocycles. The van der Waals surface area contributed by atoms with Crippen LogP contribution in [-0.4, -0.2) is 14.1 Å². The van der Waals surface area contributed by atoms with Crippen LogP contribution < -0.4 is 0 Å². The van der Waals surface area contributed by atoms with Crippen LogP contribution in [0.5, 0.6) is 0 Å². The lowest BCUT2D eigenvalue weighted by atomic mass is 10.2. The first-order valence-electron chi connectivity index (χ1n) is 7.22.